The molecule has 0 aromatic heterocycles. The first-order valence-electron chi connectivity index (χ1n) is 5.36. The van der Waals surface area contributed by atoms with Crippen molar-refractivity contribution >= 4 is 74.3 Å². The molecule has 1 fully saturated rings. The Kier molecular flexibility index (Phi) is 5.12. The van der Waals surface area contributed by atoms with E-state index in [2.05, 4.69) is 74.9 Å². The SMILES string of the molecule is [SeH][Se][P]1(c2ccccc2)[Se]P(c2ccccc2)[Se]1. The van der Waals surface area contributed by atoms with Gasteiger partial charge in [-0.05, 0) is 0 Å². The molecular formula is C12H11P2Se4. The van der Waals surface area contributed by atoms with Gasteiger partial charge in [0.25, 0.3) is 0 Å². The molecule has 1 aliphatic rings. The standard InChI is InChI=1S/C12H11P2Se4/c15-18-14(12-9-5-2-6-10-12)16-13(17-14)11-7-3-1-4-8-11/h1-10,15H. The van der Waals surface area contributed by atoms with Crippen LogP contribution in [-0.4, -0.2) is 55.0 Å². The molecule has 0 spiro atoms. The van der Waals surface area contributed by atoms with Gasteiger partial charge in [0.2, 0.25) is 0 Å². The topological polar surface area (TPSA) is 0 Å². The summed E-state index contributed by atoms with van der Waals surface area (Å²) in [6.45, 7) is 0. The summed E-state index contributed by atoms with van der Waals surface area (Å²) in [4.78, 5) is 0. The Bertz CT molecular complexity index is 514. The Morgan fingerprint density at radius 3 is 2.00 bits per heavy atom. The summed E-state index contributed by atoms with van der Waals surface area (Å²) < 4.78 is -0.636. The van der Waals surface area contributed by atoms with E-state index in [0.29, 0.717) is 0 Å². The molecule has 0 amide bonds. The third kappa shape index (κ3) is 2.86. The molecule has 1 heterocycles. The zero-order chi connectivity index (χ0) is 12.4. The second-order valence-electron chi connectivity index (χ2n) is 3.67. The molecule has 93 valence electrons. The number of benzene rings is 2. The molecule has 6 heteroatoms. The van der Waals surface area contributed by atoms with Crippen LogP contribution in [0.5, 0.6) is 0 Å². The normalized spacial score (nSPS) is 26.6. The summed E-state index contributed by atoms with van der Waals surface area (Å²) in [5, 5.41) is 3.66. The molecule has 18 heavy (non-hydrogen) atoms. The molecule has 0 nitrogen and oxygen atoms in total. The van der Waals surface area contributed by atoms with Gasteiger partial charge < -0.3 is 0 Å². The van der Waals surface area contributed by atoms with Crippen LogP contribution in [0.3, 0.4) is 0 Å². The first-order chi connectivity index (χ1) is 8.84. The molecule has 0 unspecified atom stereocenters. The number of hydrogen-bond acceptors (Lipinski definition) is 0. The van der Waals surface area contributed by atoms with E-state index in [1.165, 1.54) is 0 Å². The fraction of sp³-hybridized carbons (Fsp3) is 0. The molecule has 2 aromatic rings. The summed E-state index contributed by atoms with van der Waals surface area (Å²) in [5.74, 6) is 0. The molecule has 0 aliphatic carbocycles. The molecule has 0 saturated carbocycles. The summed E-state index contributed by atoms with van der Waals surface area (Å²) >= 11 is 5.55. The van der Waals surface area contributed by atoms with Gasteiger partial charge in [-0.1, -0.05) is 0 Å². The number of rotatable bonds is 3. The van der Waals surface area contributed by atoms with Gasteiger partial charge in [-0.2, -0.15) is 0 Å². The van der Waals surface area contributed by atoms with Crippen LogP contribution in [0.25, 0.3) is 0 Å². The molecule has 0 bridgehead atoms. The van der Waals surface area contributed by atoms with E-state index in [0.717, 1.165) is 40.8 Å². The third-order valence-corrected chi connectivity index (χ3v) is 97.9. The predicted molar refractivity (Wildman–Crippen MR) is 90.4 cm³/mol. The van der Waals surface area contributed by atoms with Gasteiger partial charge >= 0.3 is 135 Å². The average Bonchev–Trinajstić information content (AvgIpc) is 2.41. The Hall–Kier alpha value is 1.38. The molecule has 1 aliphatic heterocycles. The maximum atomic E-state index is 2.95. The Labute approximate surface area is 133 Å². The van der Waals surface area contributed by atoms with Crippen LogP contribution < -0.4 is 10.6 Å². The van der Waals surface area contributed by atoms with E-state index in [1.807, 2.05) is 0 Å². The van der Waals surface area contributed by atoms with Crippen LogP contribution in [0.4, 0.5) is 0 Å². The number of hydrogen-bond donors (Lipinski definition) is 0. The van der Waals surface area contributed by atoms with Gasteiger partial charge in [-0.3, -0.25) is 0 Å². The second kappa shape index (κ2) is 6.43. The monoisotopic (exact) mass is 537 g/mol. The van der Waals surface area contributed by atoms with Crippen molar-refractivity contribution in [3.63, 3.8) is 0 Å². The molecule has 1 radical (unpaired) electrons. The fourth-order valence-corrected chi connectivity index (χ4v) is 125. The average molecular weight is 533 g/mol. The van der Waals surface area contributed by atoms with Gasteiger partial charge in [-0.25, -0.2) is 0 Å². The van der Waals surface area contributed by atoms with Gasteiger partial charge in [0.1, 0.15) is 0 Å². The van der Waals surface area contributed by atoms with Gasteiger partial charge in [-0.15, -0.1) is 0 Å². The van der Waals surface area contributed by atoms with Crippen LogP contribution >= 0.6 is 8.63 Å². The first kappa shape index (κ1) is 14.3. The van der Waals surface area contributed by atoms with Crippen LogP contribution in [0.1, 0.15) is 0 Å². The predicted octanol–water partition coefficient (Wildman–Crippen LogP) is 1.65. The second-order valence-corrected chi connectivity index (χ2v) is 49.2. The van der Waals surface area contributed by atoms with E-state index in [-0.39, 0.29) is 5.30 Å². The van der Waals surface area contributed by atoms with Gasteiger partial charge in [0.15, 0.2) is 0 Å². The summed E-state index contributed by atoms with van der Waals surface area (Å²) in [5.41, 5.74) is 0. The van der Waals surface area contributed by atoms with Crippen LogP contribution in [0, 0.1) is 0 Å². The van der Waals surface area contributed by atoms with Crippen molar-refractivity contribution in [3.8, 4) is 0 Å². The van der Waals surface area contributed by atoms with Crippen LogP contribution in [-0.2, 0) is 0 Å². The third-order valence-electron chi connectivity index (χ3n) is 2.51. The Morgan fingerprint density at radius 1 is 0.889 bits per heavy atom. The minimum absolute atomic E-state index is 0.270. The van der Waals surface area contributed by atoms with Crippen molar-refractivity contribution in [2.75, 3.05) is 0 Å². The van der Waals surface area contributed by atoms with Crippen LogP contribution in [0.15, 0.2) is 60.7 Å². The van der Waals surface area contributed by atoms with Crippen molar-refractivity contribution in [2.24, 2.45) is 0 Å². The Morgan fingerprint density at radius 2 is 1.44 bits per heavy atom. The molecule has 0 N–H and O–H groups in total. The van der Waals surface area contributed by atoms with Crippen LogP contribution in [0.2, 0.25) is 0 Å². The zero-order valence-corrected chi connectivity index (χ0v) is 18.1. The molecule has 3 rings (SSSR count). The van der Waals surface area contributed by atoms with E-state index >= 15 is 0 Å². The molecule has 0 atom stereocenters. The molecule has 2 aromatic carbocycles. The summed E-state index contributed by atoms with van der Waals surface area (Å²) in [7, 11) is 0. The van der Waals surface area contributed by atoms with Crippen molar-refractivity contribution in [3.05, 3.63) is 60.7 Å². The summed E-state index contributed by atoms with van der Waals surface area (Å²) in [6.07, 6.45) is 0. The van der Waals surface area contributed by atoms with Gasteiger partial charge in [0.05, 0.1) is 0 Å². The van der Waals surface area contributed by atoms with Crippen molar-refractivity contribution in [2.45, 2.75) is 0 Å². The van der Waals surface area contributed by atoms with E-state index in [4.69, 9.17) is 0 Å². The first-order valence-corrected chi connectivity index (χ1v) is 24.3. The zero-order valence-electron chi connectivity index (χ0n) is 9.34. The van der Waals surface area contributed by atoms with E-state index in [9.17, 15) is 0 Å². The molecule has 1 saturated heterocycles. The van der Waals surface area contributed by atoms with Crippen molar-refractivity contribution in [1.82, 2.24) is 0 Å². The minimum atomic E-state index is -0.636. The quantitative estimate of drug-likeness (QED) is 0.417. The van der Waals surface area contributed by atoms with Gasteiger partial charge in [0, 0.05) is 0 Å². The Balaban J connectivity index is 1.80. The maximum absolute atomic E-state index is 2.95. The summed E-state index contributed by atoms with van der Waals surface area (Å²) in [6, 6.07) is 22.6. The van der Waals surface area contributed by atoms with Crippen molar-refractivity contribution in [1.29, 1.82) is 0 Å². The fourth-order valence-electron chi connectivity index (χ4n) is 1.63. The van der Waals surface area contributed by atoms with Crippen molar-refractivity contribution < 1.29 is 0 Å². The molecular weight excluding hydrogens is 522 g/mol. The van der Waals surface area contributed by atoms with E-state index < -0.39 is 3.33 Å². The van der Waals surface area contributed by atoms with E-state index in [1.54, 1.807) is 10.6 Å².